The molecule has 0 aromatic rings. The van der Waals surface area contributed by atoms with Crippen molar-refractivity contribution in [3.8, 4) is 0 Å². The van der Waals surface area contributed by atoms with E-state index in [2.05, 4.69) is 27.0 Å². The first-order valence-electron chi connectivity index (χ1n) is 9.83. The van der Waals surface area contributed by atoms with Gasteiger partial charge in [-0.3, -0.25) is 9.89 Å². The molecule has 0 radical (unpaired) electrons. The number of guanidine groups is 1. The molecule has 5 nitrogen and oxygen atoms in total. The van der Waals surface area contributed by atoms with Crippen molar-refractivity contribution in [3.05, 3.63) is 0 Å². The number of piperazine rings is 1. The molecule has 2 aliphatic heterocycles. The Morgan fingerprint density at radius 1 is 1.12 bits per heavy atom. The lowest BCUT2D eigenvalue weighted by molar-refractivity contribution is -0.181. The van der Waals surface area contributed by atoms with Crippen molar-refractivity contribution in [1.29, 1.82) is 0 Å². The lowest BCUT2D eigenvalue weighted by Crippen LogP contribution is -2.56. The zero-order valence-electron chi connectivity index (χ0n) is 16.4. The second-order valence-electron chi connectivity index (χ2n) is 7.38. The minimum atomic E-state index is -4.16. The van der Waals surface area contributed by atoms with Crippen LogP contribution < -0.4 is 5.32 Å². The first-order valence-corrected chi connectivity index (χ1v) is 9.83. The molecule has 1 atom stereocenters. The normalized spacial score (nSPS) is 23.3. The Bertz CT molecular complexity index is 439. The van der Waals surface area contributed by atoms with Crippen LogP contribution in [0.15, 0.2) is 4.99 Å². The molecule has 1 unspecified atom stereocenters. The Kier molecular flexibility index (Phi) is 8.01. The van der Waals surface area contributed by atoms with Crippen LogP contribution in [0.4, 0.5) is 13.2 Å². The van der Waals surface area contributed by atoms with E-state index in [0.29, 0.717) is 26.2 Å². The second kappa shape index (κ2) is 9.78. The summed E-state index contributed by atoms with van der Waals surface area (Å²) >= 11 is 0. The number of piperidine rings is 1. The van der Waals surface area contributed by atoms with Crippen LogP contribution in [0.2, 0.25) is 0 Å². The van der Waals surface area contributed by atoms with E-state index in [-0.39, 0.29) is 0 Å². The van der Waals surface area contributed by atoms with Gasteiger partial charge in [0, 0.05) is 39.8 Å². The molecule has 8 heteroatoms. The van der Waals surface area contributed by atoms with Crippen LogP contribution in [0.3, 0.4) is 0 Å². The highest BCUT2D eigenvalue weighted by molar-refractivity contribution is 5.79. The topological polar surface area (TPSA) is 34.1 Å². The van der Waals surface area contributed by atoms with E-state index in [9.17, 15) is 13.2 Å². The molecule has 2 fully saturated rings. The molecule has 0 aromatic carbocycles. The van der Waals surface area contributed by atoms with Crippen LogP contribution in [0.25, 0.3) is 0 Å². The van der Waals surface area contributed by atoms with Gasteiger partial charge in [-0.15, -0.1) is 0 Å². The maximum absolute atomic E-state index is 12.9. The van der Waals surface area contributed by atoms with Gasteiger partial charge in [-0.25, -0.2) is 0 Å². The van der Waals surface area contributed by atoms with Crippen LogP contribution in [0.5, 0.6) is 0 Å². The van der Waals surface area contributed by atoms with E-state index < -0.39 is 12.2 Å². The molecule has 152 valence electrons. The zero-order valence-corrected chi connectivity index (χ0v) is 16.4. The number of aliphatic imine (C=N–C) groups is 1. The fraction of sp³-hybridized carbons (Fsp3) is 0.944. The Balaban J connectivity index is 1.70. The highest BCUT2D eigenvalue weighted by Crippen LogP contribution is 2.25. The second-order valence-corrected chi connectivity index (χ2v) is 7.38. The van der Waals surface area contributed by atoms with Crippen molar-refractivity contribution in [2.24, 2.45) is 10.9 Å². The van der Waals surface area contributed by atoms with Crippen LogP contribution in [-0.2, 0) is 0 Å². The van der Waals surface area contributed by atoms with Gasteiger partial charge in [-0.05, 0) is 51.7 Å². The first kappa shape index (κ1) is 21.3. The van der Waals surface area contributed by atoms with Gasteiger partial charge >= 0.3 is 6.18 Å². The molecule has 0 spiro atoms. The minimum absolute atomic E-state index is 0.414. The van der Waals surface area contributed by atoms with Gasteiger partial charge in [0.1, 0.15) is 6.04 Å². The largest absolute Gasteiger partial charge is 0.403 e. The van der Waals surface area contributed by atoms with E-state index in [1.807, 2.05) is 0 Å². The van der Waals surface area contributed by atoms with Gasteiger partial charge in [-0.2, -0.15) is 13.2 Å². The maximum atomic E-state index is 12.9. The van der Waals surface area contributed by atoms with Crippen molar-refractivity contribution >= 4 is 5.96 Å². The molecule has 1 N–H and O–H groups in total. The van der Waals surface area contributed by atoms with E-state index in [1.165, 1.54) is 37.8 Å². The van der Waals surface area contributed by atoms with Crippen LogP contribution in [-0.4, -0.2) is 92.3 Å². The summed E-state index contributed by atoms with van der Waals surface area (Å²) in [5.41, 5.74) is 0. The quantitative estimate of drug-likeness (QED) is 0.589. The third kappa shape index (κ3) is 6.01. The van der Waals surface area contributed by atoms with Crippen molar-refractivity contribution in [2.75, 3.05) is 59.4 Å². The SMILES string of the molecule is CCN1CCC(CCNC(=NC)N2CCN(C(C)C(F)(F)F)CC2)CC1. The van der Waals surface area contributed by atoms with Gasteiger partial charge in [0.05, 0.1) is 0 Å². The standard InChI is InChI=1S/C18H34F3N5/c1-4-24-9-6-16(7-10-24)5-8-23-17(22-3)26-13-11-25(12-14-26)15(2)18(19,20)21/h15-16H,4-14H2,1-3H3,(H,22,23). The first-order chi connectivity index (χ1) is 12.3. The number of hydrogen-bond donors (Lipinski definition) is 1. The lowest BCUT2D eigenvalue weighted by Gasteiger charge is -2.39. The van der Waals surface area contributed by atoms with E-state index >= 15 is 0 Å². The van der Waals surface area contributed by atoms with Gasteiger partial charge in [0.15, 0.2) is 5.96 Å². The summed E-state index contributed by atoms with van der Waals surface area (Å²) in [7, 11) is 1.74. The van der Waals surface area contributed by atoms with E-state index in [1.54, 1.807) is 7.05 Å². The number of alkyl halides is 3. The molecule has 2 heterocycles. The molecule has 0 aliphatic carbocycles. The molecule has 2 rings (SSSR count). The van der Waals surface area contributed by atoms with Crippen molar-refractivity contribution in [2.45, 2.75) is 45.3 Å². The van der Waals surface area contributed by atoms with Gasteiger partial charge in [0.2, 0.25) is 0 Å². The Labute approximate surface area is 155 Å². The average molecular weight is 377 g/mol. The third-order valence-corrected chi connectivity index (χ3v) is 5.84. The van der Waals surface area contributed by atoms with Gasteiger partial charge in [0.25, 0.3) is 0 Å². The predicted octanol–water partition coefficient (Wildman–Crippen LogP) is 2.25. The van der Waals surface area contributed by atoms with E-state index in [0.717, 1.165) is 31.4 Å². The highest BCUT2D eigenvalue weighted by Gasteiger charge is 2.41. The highest BCUT2D eigenvalue weighted by atomic mass is 19.4. The molecule has 0 saturated carbocycles. The number of nitrogens with zero attached hydrogens (tertiary/aromatic N) is 4. The lowest BCUT2D eigenvalue weighted by atomic mass is 9.93. The van der Waals surface area contributed by atoms with Crippen LogP contribution in [0, 0.1) is 5.92 Å². The van der Waals surface area contributed by atoms with Gasteiger partial charge in [-0.1, -0.05) is 6.92 Å². The van der Waals surface area contributed by atoms with Crippen molar-refractivity contribution < 1.29 is 13.2 Å². The molecular weight excluding hydrogens is 343 g/mol. The average Bonchev–Trinajstić information content (AvgIpc) is 2.64. The molecular formula is C18H34F3N5. The number of nitrogens with one attached hydrogen (secondary N) is 1. The molecule has 2 aliphatic rings. The van der Waals surface area contributed by atoms with Crippen molar-refractivity contribution in [3.63, 3.8) is 0 Å². The summed E-state index contributed by atoms with van der Waals surface area (Å²) in [5.74, 6) is 1.57. The monoisotopic (exact) mass is 377 g/mol. The molecule has 0 aromatic heterocycles. The van der Waals surface area contributed by atoms with Crippen molar-refractivity contribution in [1.82, 2.24) is 20.0 Å². The van der Waals surface area contributed by atoms with E-state index in [4.69, 9.17) is 0 Å². The van der Waals surface area contributed by atoms with Crippen LogP contribution >= 0.6 is 0 Å². The number of rotatable bonds is 5. The maximum Gasteiger partial charge on any atom is 0.403 e. The third-order valence-electron chi connectivity index (χ3n) is 5.84. The summed E-state index contributed by atoms with van der Waals surface area (Å²) < 4.78 is 38.6. The molecule has 26 heavy (non-hydrogen) atoms. The summed E-state index contributed by atoms with van der Waals surface area (Å²) in [6.45, 7) is 9.83. The van der Waals surface area contributed by atoms with Gasteiger partial charge < -0.3 is 15.1 Å². The minimum Gasteiger partial charge on any atom is -0.356 e. The van der Waals surface area contributed by atoms with Crippen LogP contribution in [0.1, 0.15) is 33.1 Å². The summed E-state index contributed by atoms with van der Waals surface area (Å²) in [4.78, 5) is 10.4. The molecule has 0 amide bonds. The zero-order chi connectivity index (χ0) is 19.2. The summed E-state index contributed by atoms with van der Waals surface area (Å²) in [6.07, 6.45) is -0.526. The molecule has 0 bridgehead atoms. The fourth-order valence-electron chi connectivity index (χ4n) is 3.84. The summed E-state index contributed by atoms with van der Waals surface area (Å²) in [5, 5.41) is 3.41. The Morgan fingerprint density at radius 2 is 1.73 bits per heavy atom. The predicted molar refractivity (Wildman–Crippen MR) is 99.5 cm³/mol. The number of halogens is 3. The fourth-order valence-corrected chi connectivity index (χ4v) is 3.84. The number of hydrogen-bond acceptors (Lipinski definition) is 3. The smallest absolute Gasteiger partial charge is 0.356 e. The number of likely N-dealkylation sites (tertiary alicyclic amines) is 1. The summed E-state index contributed by atoms with van der Waals surface area (Å²) in [6, 6.07) is -1.38. The Hall–Kier alpha value is -1.02. The molecule has 2 saturated heterocycles. The Morgan fingerprint density at radius 3 is 2.23 bits per heavy atom.